The van der Waals surface area contributed by atoms with E-state index in [1.807, 2.05) is 13.0 Å². The lowest BCUT2D eigenvalue weighted by atomic mass is 10.2. The van der Waals surface area contributed by atoms with Gasteiger partial charge in [0.15, 0.2) is 5.69 Å². The fourth-order valence-electron chi connectivity index (χ4n) is 1.83. The zero-order chi connectivity index (χ0) is 16.1. The zero-order valence-corrected chi connectivity index (χ0v) is 12.5. The average Bonchev–Trinajstić information content (AvgIpc) is 2.95. The van der Waals surface area contributed by atoms with Crippen molar-refractivity contribution in [1.29, 1.82) is 0 Å². The minimum absolute atomic E-state index is 0.0448. The maximum absolute atomic E-state index is 12.0. The number of rotatable bonds is 5. The van der Waals surface area contributed by atoms with E-state index in [2.05, 4.69) is 20.4 Å². The summed E-state index contributed by atoms with van der Waals surface area (Å²) in [5.74, 6) is -0.356. The molecule has 0 aliphatic carbocycles. The molecule has 2 aromatic rings. The minimum atomic E-state index is -0.605. The first-order chi connectivity index (χ1) is 10.5. The third kappa shape index (κ3) is 3.60. The summed E-state index contributed by atoms with van der Waals surface area (Å²) < 4.78 is 11.0. The first kappa shape index (κ1) is 15.5. The van der Waals surface area contributed by atoms with Gasteiger partial charge < -0.3 is 14.8 Å². The Hall–Kier alpha value is -2.90. The van der Waals surface area contributed by atoms with E-state index >= 15 is 0 Å². The van der Waals surface area contributed by atoms with Gasteiger partial charge in [-0.05, 0) is 24.6 Å². The summed E-state index contributed by atoms with van der Waals surface area (Å²) in [7, 11) is 2.78. The van der Waals surface area contributed by atoms with Gasteiger partial charge in [0.25, 0.3) is 0 Å². The number of carbonyl (C=O) groups excluding carboxylic acids is 2. The van der Waals surface area contributed by atoms with Crippen LogP contribution >= 0.6 is 0 Å². The van der Waals surface area contributed by atoms with Crippen molar-refractivity contribution in [2.24, 2.45) is 0 Å². The molecule has 0 saturated carbocycles. The molecule has 1 aromatic carbocycles. The van der Waals surface area contributed by atoms with Crippen LogP contribution in [0.5, 0.6) is 5.75 Å². The molecule has 0 unspecified atom stereocenters. The van der Waals surface area contributed by atoms with Crippen molar-refractivity contribution in [3.05, 3.63) is 35.7 Å². The van der Waals surface area contributed by atoms with E-state index in [0.29, 0.717) is 11.4 Å². The van der Waals surface area contributed by atoms with Gasteiger partial charge in [-0.3, -0.25) is 4.79 Å². The van der Waals surface area contributed by atoms with Crippen LogP contribution in [0.2, 0.25) is 0 Å². The number of aryl methyl sites for hydroxylation is 1. The molecule has 0 saturated heterocycles. The Morgan fingerprint density at radius 3 is 2.77 bits per heavy atom. The van der Waals surface area contributed by atoms with Crippen LogP contribution in [-0.4, -0.2) is 41.1 Å². The van der Waals surface area contributed by atoms with Gasteiger partial charge in [0.05, 0.1) is 26.1 Å². The summed E-state index contributed by atoms with van der Waals surface area (Å²) in [4.78, 5) is 23.3. The fourth-order valence-corrected chi connectivity index (χ4v) is 1.83. The lowest BCUT2D eigenvalue weighted by Crippen LogP contribution is -2.19. The normalized spacial score (nSPS) is 10.1. The van der Waals surface area contributed by atoms with Crippen molar-refractivity contribution in [1.82, 2.24) is 15.0 Å². The molecule has 8 heteroatoms. The second-order valence-corrected chi connectivity index (χ2v) is 4.54. The maximum atomic E-state index is 12.0. The molecule has 0 aliphatic rings. The molecule has 22 heavy (non-hydrogen) atoms. The van der Waals surface area contributed by atoms with E-state index < -0.39 is 5.97 Å². The van der Waals surface area contributed by atoms with Gasteiger partial charge in [-0.25, -0.2) is 9.48 Å². The lowest BCUT2D eigenvalue weighted by molar-refractivity contribution is -0.116. The number of nitrogens with zero attached hydrogens (tertiary/aromatic N) is 3. The molecular formula is C14H16N4O4. The topological polar surface area (TPSA) is 95.3 Å². The van der Waals surface area contributed by atoms with Gasteiger partial charge in [0, 0.05) is 0 Å². The standard InChI is InChI=1S/C14H16N4O4/c1-9-4-5-12(21-2)10(6-9)15-13(19)8-18-7-11(16-17-18)14(20)22-3/h4-7H,8H2,1-3H3,(H,15,19). The van der Waals surface area contributed by atoms with Crippen LogP contribution in [-0.2, 0) is 16.1 Å². The molecule has 1 N–H and O–H groups in total. The molecule has 1 heterocycles. The fraction of sp³-hybridized carbons (Fsp3) is 0.286. The van der Waals surface area contributed by atoms with E-state index in [-0.39, 0.29) is 18.1 Å². The quantitative estimate of drug-likeness (QED) is 0.829. The van der Waals surface area contributed by atoms with Crippen LogP contribution in [0.15, 0.2) is 24.4 Å². The van der Waals surface area contributed by atoms with Gasteiger partial charge in [0.1, 0.15) is 12.3 Å². The van der Waals surface area contributed by atoms with Crippen LogP contribution in [0.1, 0.15) is 16.1 Å². The largest absolute Gasteiger partial charge is 0.495 e. The van der Waals surface area contributed by atoms with E-state index in [9.17, 15) is 9.59 Å². The highest BCUT2D eigenvalue weighted by Crippen LogP contribution is 2.25. The second kappa shape index (κ2) is 6.70. The first-order valence-corrected chi connectivity index (χ1v) is 6.46. The summed E-state index contributed by atoms with van der Waals surface area (Å²) in [6.07, 6.45) is 1.35. The van der Waals surface area contributed by atoms with Crippen LogP contribution in [0, 0.1) is 6.92 Å². The average molecular weight is 304 g/mol. The predicted octanol–water partition coefficient (Wildman–Crippen LogP) is 1.02. The Labute approximate surface area is 127 Å². The Morgan fingerprint density at radius 1 is 1.32 bits per heavy atom. The Kier molecular flexibility index (Phi) is 4.72. The van der Waals surface area contributed by atoms with Crippen LogP contribution in [0.4, 0.5) is 5.69 Å². The number of ether oxygens (including phenoxy) is 2. The van der Waals surface area contributed by atoms with Crippen molar-refractivity contribution < 1.29 is 19.1 Å². The zero-order valence-electron chi connectivity index (χ0n) is 12.5. The van der Waals surface area contributed by atoms with Gasteiger partial charge >= 0.3 is 5.97 Å². The minimum Gasteiger partial charge on any atom is -0.495 e. The van der Waals surface area contributed by atoms with Crippen LogP contribution < -0.4 is 10.1 Å². The molecule has 0 spiro atoms. The summed E-state index contributed by atoms with van der Waals surface area (Å²) in [6.45, 7) is 1.83. The molecule has 0 bridgehead atoms. The second-order valence-electron chi connectivity index (χ2n) is 4.54. The lowest BCUT2D eigenvalue weighted by Gasteiger charge is -2.10. The smallest absolute Gasteiger partial charge is 0.360 e. The number of amides is 1. The molecule has 0 fully saturated rings. The van der Waals surface area contributed by atoms with E-state index in [0.717, 1.165) is 5.56 Å². The highest BCUT2D eigenvalue weighted by atomic mass is 16.5. The molecule has 0 radical (unpaired) electrons. The van der Waals surface area contributed by atoms with Crippen molar-refractivity contribution in [3.8, 4) is 5.75 Å². The Morgan fingerprint density at radius 2 is 2.09 bits per heavy atom. The van der Waals surface area contributed by atoms with Crippen molar-refractivity contribution >= 4 is 17.6 Å². The number of aromatic nitrogens is 3. The van der Waals surface area contributed by atoms with Gasteiger partial charge in [0.2, 0.25) is 5.91 Å². The van der Waals surface area contributed by atoms with E-state index in [1.165, 1.54) is 25.1 Å². The number of esters is 1. The van der Waals surface area contributed by atoms with Crippen molar-refractivity contribution in [3.63, 3.8) is 0 Å². The number of hydrogen-bond donors (Lipinski definition) is 1. The third-order valence-corrected chi connectivity index (χ3v) is 2.87. The number of hydrogen-bond acceptors (Lipinski definition) is 6. The Balaban J connectivity index is 2.06. The molecule has 116 valence electrons. The van der Waals surface area contributed by atoms with Gasteiger partial charge in [-0.15, -0.1) is 5.10 Å². The first-order valence-electron chi connectivity index (χ1n) is 6.46. The van der Waals surface area contributed by atoms with Gasteiger partial charge in [-0.1, -0.05) is 11.3 Å². The predicted molar refractivity (Wildman–Crippen MR) is 77.7 cm³/mol. The highest BCUT2D eigenvalue weighted by molar-refractivity contribution is 5.92. The van der Waals surface area contributed by atoms with E-state index in [4.69, 9.17) is 4.74 Å². The summed E-state index contributed by atoms with van der Waals surface area (Å²) in [5, 5.41) is 10.1. The van der Waals surface area contributed by atoms with Crippen LogP contribution in [0.25, 0.3) is 0 Å². The molecule has 2 rings (SSSR count). The van der Waals surface area contributed by atoms with Crippen LogP contribution in [0.3, 0.4) is 0 Å². The maximum Gasteiger partial charge on any atom is 0.360 e. The molecule has 1 amide bonds. The number of benzene rings is 1. The third-order valence-electron chi connectivity index (χ3n) is 2.87. The monoisotopic (exact) mass is 304 g/mol. The summed E-state index contributed by atoms with van der Waals surface area (Å²) in [6, 6.07) is 5.46. The number of carbonyl (C=O) groups is 2. The SMILES string of the molecule is COC(=O)c1cn(CC(=O)Nc2cc(C)ccc2OC)nn1. The van der Waals surface area contributed by atoms with Crippen molar-refractivity contribution in [2.45, 2.75) is 13.5 Å². The summed E-state index contributed by atoms with van der Waals surface area (Å²) >= 11 is 0. The number of nitrogens with one attached hydrogen (secondary N) is 1. The molecule has 0 aliphatic heterocycles. The Bertz CT molecular complexity index is 696. The highest BCUT2D eigenvalue weighted by Gasteiger charge is 2.13. The van der Waals surface area contributed by atoms with Crippen molar-refractivity contribution in [2.75, 3.05) is 19.5 Å². The molecule has 0 atom stereocenters. The molecule has 1 aromatic heterocycles. The molecule has 8 nitrogen and oxygen atoms in total. The molecular weight excluding hydrogens is 288 g/mol. The van der Waals surface area contributed by atoms with E-state index in [1.54, 1.807) is 12.1 Å². The summed E-state index contributed by atoms with van der Waals surface area (Å²) in [5.41, 5.74) is 1.61. The number of methoxy groups -OCH3 is 2. The van der Waals surface area contributed by atoms with Gasteiger partial charge in [-0.2, -0.15) is 0 Å². The number of anilines is 1.